The topological polar surface area (TPSA) is 49.3 Å². The van der Waals surface area contributed by atoms with Gasteiger partial charge in [-0.15, -0.1) is 0 Å². The highest BCUT2D eigenvalue weighted by molar-refractivity contribution is 6.34. The van der Waals surface area contributed by atoms with E-state index in [1.54, 1.807) is 23.2 Å². The second kappa shape index (κ2) is 7.25. The van der Waals surface area contributed by atoms with E-state index in [1.165, 1.54) is 5.56 Å². The first kappa shape index (κ1) is 16.2. The van der Waals surface area contributed by atoms with E-state index in [2.05, 4.69) is 20.9 Å². The molecular weight excluding hydrogens is 335 g/mol. The number of pyridine rings is 2. The van der Waals surface area contributed by atoms with Crippen LogP contribution in [-0.4, -0.2) is 51.9 Å². The fourth-order valence-electron chi connectivity index (χ4n) is 2.58. The van der Waals surface area contributed by atoms with Gasteiger partial charge in [-0.05, 0) is 23.8 Å². The molecule has 0 bridgehead atoms. The zero-order valence-corrected chi connectivity index (χ0v) is 14.0. The third kappa shape index (κ3) is 3.99. The van der Waals surface area contributed by atoms with Crippen molar-refractivity contribution < 1.29 is 4.79 Å². The largest absolute Gasteiger partial charge is 0.335 e. The highest BCUT2D eigenvalue weighted by atomic mass is 35.5. The van der Waals surface area contributed by atoms with Crippen LogP contribution in [0, 0.1) is 0 Å². The molecule has 1 aliphatic rings. The molecule has 0 spiro atoms. The Balaban J connectivity index is 1.60. The zero-order valence-electron chi connectivity index (χ0n) is 12.5. The molecule has 23 heavy (non-hydrogen) atoms. The summed E-state index contributed by atoms with van der Waals surface area (Å²) in [4.78, 5) is 24.8. The van der Waals surface area contributed by atoms with Gasteiger partial charge in [-0.1, -0.05) is 29.3 Å². The van der Waals surface area contributed by atoms with Crippen molar-refractivity contribution in [3.05, 3.63) is 58.1 Å². The van der Waals surface area contributed by atoms with Crippen molar-refractivity contribution >= 4 is 29.1 Å². The molecule has 0 atom stereocenters. The van der Waals surface area contributed by atoms with Crippen molar-refractivity contribution in [1.82, 2.24) is 19.8 Å². The predicted octanol–water partition coefficient (Wildman–Crippen LogP) is 2.74. The molecule has 120 valence electrons. The number of halogens is 2. The van der Waals surface area contributed by atoms with Gasteiger partial charge in [0, 0.05) is 45.1 Å². The quantitative estimate of drug-likeness (QED) is 0.798. The molecule has 0 aliphatic carbocycles. The van der Waals surface area contributed by atoms with Crippen LogP contribution in [0.3, 0.4) is 0 Å². The number of hydrogen-bond acceptors (Lipinski definition) is 4. The molecule has 3 heterocycles. The predicted molar refractivity (Wildman–Crippen MR) is 89.7 cm³/mol. The van der Waals surface area contributed by atoms with Gasteiger partial charge in [0.1, 0.15) is 10.8 Å². The number of nitrogens with zero attached hydrogens (tertiary/aromatic N) is 4. The average Bonchev–Trinajstić information content (AvgIpc) is 2.58. The maximum atomic E-state index is 12.5. The van der Waals surface area contributed by atoms with Crippen LogP contribution in [0.25, 0.3) is 0 Å². The molecule has 1 saturated heterocycles. The molecule has 1 fully saturated rings. The van der Waals surface area contributed by atoms with E-state index in [0.29, 0.717) is 18.1 Å². The summed E-state index contributed by atoms with van der Waals surface area (Å²) in [5.41, 5.74) is 1.40. The molecule has 2 aromatic heterocycles. The molecule has 5 nitrogen and oxygen atoms in total. The summed E-state index contributed by atoms with van der Waals surface area (Å²) in [7, 11) is 0. The van der Waals surface area contributed by atoms with Crippen LogP contribution in [0.5, 0.6) is 0 Å². The van der Waals surface area contributed by atoms with E-state index in [1.807, 2.05) is 12.3 Å². The van der Waals surface area contributed by atoms with Gasteiger partial charge in [-0.3, -0.25) is 14.7 Å². The third-order valence-electron chi connectivity index (χ3n) is 3.80. The van der Waals surface area contributed by atoms with Crippen molar-refractivity contribution in [2.75, 3.05) is 26.2 Å². The van der Waals surface area contributed by atoms with Crippen LogP contribution < -0.4 is 0 Å². The Morgan fingerprint density at radius 3 is 2.61 bits per heavy atom. The highest BCUT2D eigenvalue weighted by Crippen LogP contribution is 2.19. The van der Waals surface area contributed by atoms with Crippen molar-refractivity contribution in [1.29, 1.82) is 0 Å². The van der Waals surface area contributed by atoms with E-state index < -0.39 is 0 Å². The maximum Gasteiger partial charge on any atom is 0.274 e. The summed E-state index contributed by atoms with van der Waals surface area (Å²) >= 11 is 11.9. The van der Waals surface area contributed by atoms with E-state index in [9.17, 15) is 4.79 Å². The van der Waals surface area contributed by atoms with Gasteiger partial charge in [0.2, 0.25) is 0 Å². The molecule has 0 unspecified atom stereocenters. The van der Waals surface area contributed by atoms with E-state index in [4.69, 9.17) is 23.2 Å². The lowest BCUT2D eigenvalue weighted by Crippen LogP contribution is -2.48. The average molecular weight is 351 g/mol. The minimum atomic E-state index is -0.168. The first-order valence-electron chi connectivity index (χ1n) is 7.36. The van der Waals surface area contributed by atoms with Crippen molar-refractivity contribution in [2.24, 2.45) is 0 Å². The number of piperazine rings is 1. The van der Waals surface area contributed by atoms with Crippen molar-refractivity contribution in [3.63, 3.8) is 0 Å². The summed E-state index contributed by atoms with van der Waals surface area (Å²) in [6.45, 7) is 3.73. The SMILES string of the molecule is O=C(c1nc(Cl)ccc1Cl)N1CCN(Cc2cccnc2)CC1. The zero-order chi connectivity index (χ0) is 16.2. The second-order valence-corrected chi connectivity index (χ2v) is 6.19. The molecule has 1 amide bonds. The standard InChI is InChI=1S/C16H16Cl2N4O/c17-13-3-4-14(18)20-15(13)16(23)22-8-6-21(7-9-22)11-12-2-1-5-19-10-12/h1-5,10H,6-9,11H2. The van der Waals surface area contributed by atoms with Gasteiger partial charge in [-0.2, -0.15) is 0 Å². The van der Waals surface area contributed by atoms with Gasteiger partial charge in [-0.25, -0.2) is 4.98 Å². The fourth-order valence-corrected chi connectivity index (χ4v) is 2.91. The number of aromatic nitrogens is 2. The van der Waals surface area contributed by atoms with Crippen LogP contribution in [-0.2, 0) is 6.54 Å². The Labute approximate surface area is 144 Å². The van der Waals surface area contributed by atoms with Gasteiger partial charge < -0.3 is 4.90 Å². The molecule has 7 heteroatoms. The molecule has 3 rings (SSSR count). The van der Waals surface area contributed by atoms with Gasteiger partial charge >= 0.3 is 0 Å². The lowest BCUT2D eigenvalue weighted by Gasteiger charge is -2.34. The molecule has 0 saturated carbocycles. The summed E-state index contributed by atoms with van der Waals surface area (Å²) in [6.07, 6.45) is 3.63. The molecule has 1 aliphatic heterocycles. The van der Waals surface area contributed by atoms with Gasteiger partial charge in [0.15, 0.2) is 0 Å². The molecular formula is C16H16Cl2N4O. The molecule has 0 aromatic carbocycles. The monoisotopic (exact) mass is 350 g/mol. The van der Waals surface area contributed by atoms with E-state index in [0.717, 1.165) is 19.6 Å². The van der Waals surface area contributed by atoms with E-state index in [-0.39, 0.29) is 16.8 Å². The smallest absolute Gasteiger partial charge is 0.274 e. The van der Waals surface area contributed by atoms with Crippen LogP contribution in [0.1, 0.15) is 16.1 Å². The number of hydrogen-bond donors (Lipinski definition) is 0. The van der Waals surface area contributed by atoms with E-state index >= 15 is 0 Å². The fraction of sp³-hybridized carbons (Fsp3) is 0.312. The van der Waals surface area contributed by atoms with Crippen LogP contribution in [0.2, 0.25) is 10.2 Å². The summed E-state index contributed by atoms with van der Waals surface area (Å²) in [5, 5.41) is 0.602. The molecule has 2 aromatic rings. The molecule has 0 radical (unpaired) electrons. The van der Waals surface area contributed by atoms with Crippen LogP contribution in [0.4, 0.5) is 0 Å². The first-order chi connectivity index (χ1) is 11.1. The third-order valence-corrected chi connectivity index (χ3v) is 4.32. The molecule has 0 N–H and O–H groups in total. The van der Waals surface area contributed by atoms with Crippen LogP contribution in [0.15, 0.2) is 36.7 Å². The lowest BCUT2D eigenvalue weighted by atomic mass is 10.2. The minimum absolute atomic E-state index is 0.168. The summed E-state index contributed by atoms with van der Waals surface area (Å²) < 4.78 is 0. The Kier molecular flexibility index (Phi) is 5.10. The van der Waals surface area contributed by atoms with Gasteiger partial charge in [0.25, 0.3) is 5.91 Å². The summed E-state index contributed by atoms with van der Waals surface area (Å²) in [6, 6.07) is 7.16. The first-order valence-corrected chi connectivity index (χ1v) is 8.11. The number of amides is 1. The maximum absolute atomic E-state index is 12.5. The van der Waals surface area contributed by atoms with Crippen LogP contribution >= 0.6 is 23.2 Å². The summed E-state index contributed by atoms with van der Waals surface area (Å²) in [5.74, 6) is -0.168. The number of rotatable bonds is 3. The lowest BCUT2D eigenvalue weighted by molar-refractivity contribution is 0.0623. The van der Waals surface area contributed by atoms with Crippen molar-refractivity contribution in [3.8, 4) is 0 Å². The van der Waals surface area contributed by atoms with Gasteiger partial charge in [0.05, 0.1) is 5.02 Å². The highest BCUT2D eigenvalue weighted by Gasteiger charge is 2.24. The Morgan fingerprint density at radius 2 is 1.91 bits per heavy atom. The van der Waals surface area contributed by atoms with Crippen molar-refractivity contribution in [2.45, 2.75) is 6.54 Å². The minimum Gasteiger partial charge on any atom is -0.335 e. The Morgan fingerprint density at radius 1 is 1.13 bits per heavy atom. The Hall–Kier alpha value is -1.69. The normalized spacial score (nSPS) is 15.7. The Bertz CT molecular complexity index is 688. The number of carbonyl (C=O) groups excluding carboxylic acids is 1. The number of carbonyl (C=O) groups is 1. The second-order valence-electron chi connectivity index (χ2n) is 5.39.